The fraction of sp³-hybridized carbons (Fsp3) is 0.829. The molecule has 0 saturated heterocycles. The van der Waals surface area contributed by atoms with Crippen molar-refractivity contribution in [3.05, 3.63) is 24.3 Å². The molecule has 1 N–H and O–H groups in total. The lowest BCUT2D eigenvalue weighted by atomic mass is 10.1. The lowest BCUT2D eigenvalue weighted by molar-refractivity contribution is -0.152. The smallest absolute Gasteiger partial charge is 0.305 e. The Labute approximate surface area is 247 Å². The van der Waals surface area contributed by atoms with Crippen molar-refractivity contribution in [1.29, 1.82) is 0 Å². The van der Waals surface area contributed by atoms with E-state index in [1.165, 1.54) is 103 Å². The molecular formula is C35H64O5. The molecule has 0 aromatic carbocycles. The van der Waals surface area contributed by atoms with Gasteiger partial charge >= 0.3 is 11.9 Å². The number of esters is 2. The average Bonchev–Trinajstić information content (AvgIpc) is 2.95. The topological polar surface area (TPSA) is 72.8 Å². The Balaban J connectivity index is 3.47. The fourth-order valence-corrected chi connectivity index (χ4v) is 4.55. The Bertz CT molecular complexity index is 613. The van der Waals surface area contributed by atoms with Gasteiger partial charge in [0, 0.05) is 12.8 Å². The Kier molecular flexibility index (Phi) is 30.6. The van der Waals surface area contributed by atoms with Gasteiger partial charge in [0.05, 0.1) is 0 Å². The highest BCUT2D eigenvalue weighted by Gasteiger charge is 2.11. The van der Waals surface area contributed by atoms with Crippen LogP contribution in [-0.2, 0) is 19.1 Å². The van der Waals surface area contributed by atoms with Crippen LogP contribution in [0.15, 0.2) is 24.3 Å². The van der Waals surface area contributed by atoms with E-state index >= 15 is 0 Å². The average molecular weight is 565 g/mol. The molecule has 0 aliphatic rings. The molecule has 0 heterocycles. The summed E-state index contributed by atoms with van der Waals surface area (Å²) in [6.45, 7) is 4.23. The third-order valence-electron chi connectivity index (χ3n) is 7.16. The first-order chi connectivity index (χ1) is 19.6. The first kappa shape index (κ1) is 38.4. The van der Waals surface area contributed by atoms with Crippen molar-refractivity contribution in [2.45, 2.75) is 174 Å². The molecule has 0 radical (unpaired) electrons. The maximum absolute atomic E-state index is 11.9. The van der Waals surface area contributed by atoms with Gasteiger partial charge in [-0.05, 0) is 57.8 Å². The summed E-state index contributed by atoms with van der Waals surface area (Å²) in [6.07, 6.45) is 35.1. The molecular weight excluding hydrogens is 500 g/mol. The van der Waals surface area contributed by atoms with Crippen molar-refractivity contribution in [3.8, 4) is 0 Å². The lowest BCUT2D eigenvalue weighted by Crippen LogP contribution is -2.25. The summed E-state index contributed by atoms with van der Waals surface area (Å²) in [6, 6.07) is 0. The van der Waals surface area contributed by atoms with Gasteiger partial charge in [-0.3, -0.25) is 9.59 Å². The van der Waals surface area contributed by atoms with Crippen molar-refractivity contribution in [1.82, 2.24) is 0 Å². The van der Waals surface area contributed by atoms with E-state index in [0.29, 0.717) is 12.8 Å². The van der Waals surface area contributed by atoms with E-state index in [0.717, 1.165) is 38.5 Å². The molecule has 0 amide bonds. The first-order valence-corrected chi connectivity index (χ1v) is 16.9. The second-order valence-electron chi connectivity index (χ2n) is 11.3. The number of aliphatic hydroxyl groups excluding tert-OH is 1. The van der Waals surface area contributed by atoms with Crippen LogP contribution in [0.3, 0.4) is 0 Å². The highest BCUT2D eigenvalue weighted by atomic mass is 16.6. The summed E-state index contributed by atoms with van der Waals surface area (Å²) >= 11 is 0. The van der Waals surface area contributed by atoms with E-state index in [4.69, 9.17) is 9.47 Å². The van der Waals surface area contributed by atoms with Gasteiger partial charge in [-0.15, -0.1) is 0 Å². The monoisotopic (exact) mass is 564 g/mol. The number of carbonyl (C=O) groups excluding carboxylic acids is 2. The van der Waals surface area contributed by atoms with E-state index in [1.807, 2.05) is 0 Å². The number of hydrogen-bond acceptors (Lipinski definition) is 5. The van der Waals surface area contributed by atoms with Crippen LogP contribution >= 0.6 is 0 Å². The van der Waals surface area contributed by atoms with Crippen LogP contribution in [0.5, 0.6) is 0 Å². The molecule has 5 heteroatoms. The standard InChI is InChI=1S/C35H64O5/c1-3-5-7-9-11-13-15-16-17-18-20-22-24-26-28-30-35(38)40-32-33(36)31-39-34(37)29-27-25-23-21-19-14-12-10-8-6-4-2/h13,15,21,23,33,36H,3-12,14,16-20,22,24-32H2,1-2H3/b15-13-,23-21-/t33-/m1/s1. The summed E-state index contributed by atoms with van der Waals surface area (Å²) < 4.78 is 10.2. The minimum atomic E-state index is -0.971. The van der Waals surface area contributed by atoms with Gasteiger partial charge in [0.1, 0.15) is 19.3 Å². The number of carbonyl (C=O) groups is 2. The van der Waals surface area contributed by atoms with Crippen LogP contribution in [-0.4, -0.2) is 36.4 Å². The van der Waals surface area contributed by atoms with E-state index < -0.39 is 6.10 Å². The van der Waals surface area contributed by atoms with Crippen LogP contribution in [0.25, 0.3) is 0 Å². The van der Waals surface area contributed by atoms with E-state index in [-0.39, 0.29) is 25.2 Å². The largest absolute Gasteiger partial charge is 0.463 e. The van der Waals surface area contributed by atoms with Crippen LogP contribution < -0.4 is 0 Å². The summed E-state index contributed by atoms with van der Waals surface area (Å²) in [4.78, 5) is 23.7. The molecule has 0 bridgehead atoms. The molecule has 0 aliphatic heterocycles. The van der Waals surface area contributed by atoms with Crippen molar-refractivity contribution >= 4 is 11.9 Å². The van der Waals surface area contributed by atoms with Gasteiger partial charge in [0.25, 0.3) is 0 Å². The predicted octanol–water partition coefficient (Wildman–Crippen LogP) is 9.95. The third kappa shape index (κ3) is 30.9. The molecule has 0 aromatic rings. The first-order valence-electron chi connectivity index (χ1n) is 16.9. The van der Waals surface area contributed by atoms with Crippen molar-refractivity contribution < 1.29 is 24.2 Å². The Morgan fingerprint density at radius 3 is 1.27 bits per heavy atom. The van der Waals surface area contributed by atoms with Gasteiger partial charge in [0.2, 0.25) is 0 Å². The molecule has 0 rings (SSSR count). The normalized spacial score (nSPS) is 12.4. The number of allylic oxidation sites excluding steroid dienone is 4. The summed E-state index contributed by atoms with van der Waals surface area (Å²) in [7, 11) is 0. The zero-order chi connectivity index (χ0) is 29.4. The summed E-state index contributed by atoms with van der Waals surface area (Å²) in [5, 5.41) is 9.94. The van der Waals surface area contributed by atoms with E-state index in [9.17, 15) is 14.7 Å². The Morgan fingerprint density at radius 1 is 0.500 bits per heavy atom. The molecule has 1 atom stereocenters. The van der Waals surface area contributed by atoms with Crippen molar-refractivity contribution in [2.24, 2.45) is 0 Å². The lowest BCUT2D eigenvalue weighted by Gasteiger charge is -2.12. The highest BCUT2D eigenvalue weighted by molar-refractivity contribution is 5.69. The molecule has 5 nitrogen and oxygen atoms in total. The number of ether oxygens (including phenoxy) is 2. The highest BCUT2D eigenvalue weighted by Crippen LogP contribution is 2.11. The number of hydrogen-bond donors (Lipinski definition) is 1. The zero-order valence-corrected chi connectivity index (χ0v) is 26.4. The predicted molar refractivity (Wildman–Crippen MR) is 168 cm³/mol. The van der Waals surface area contributed by atoms with E-state index in [1.54, 1.807) is 0 Å². The fourth-order valence-electron chi connectivity index (χ4n) is 4.55. The van der Waals surface area contributed by atoms with Gasteiger partial charge < -0.3 is 14.6 Å². The molecule has 40 heavy (non-hydrogen) atoms. The molecule has 234 valence electrons. The zero-order valence-electron chi connectivity index (χ0n) is 26.4. The van der Waals surface area contributed by atoms with Crippen LogP contribution in [0.4, 0.5) is 0 Å². The minimum Gasteiger partial charge on any atom is -0.463 e. The van der Waals surface area contributed by atoms with Crippen molar-refractivity contribution in [2.75, 3.05) is 13.2 Å². The SMILES string of the molecule is CCCCCC/C=C\CCCCCCCCCC(=O)OC[C@H](O)COC(=O)CCC/C=C\CCCCCCCC. The van der Waals surface area contributed by atoms with Gasteiger partial charge in [-0.1, -0.05) is 122 Å². The molecule has 0 saturated carbocycles. The summed E-state index contributed by atoms with van der Waals surface area (Å²) in [5.41, 5.74) is 0. The van der Waals surface area contributed by atoms with Gasteiger partial charge in [-0.2, -0.15) is 0 Å². The van der Waals surface area contributed by atoms with Gasteiger partial charge in [0.15, 0.2) is 0 Å². The Morgan fingerprint density at radius 2 is 0.825 bits per heavy atom. The third-order valence-corrected chi connectivity index (χ3v) is 7.16. The number of rotatable bonds is 30. The quantitative estimate of drug-likeness (QED) is 0.0534. The molecule has 0 unspecified atom stereocenters. The summed E-state index contributed by atoms with van der Waals surface area (Å²) in [5.74, 6) is -0.608. The minimum absolute atomic E-state index is 0.125. The van der Waals surface area contributed by atoms with Crippen LogP contribution in [0.2, 0.25) is 0 Å². The molecule has 0 fully saturated rings. The Hall–Kier alpha value is -1.62. The molecule has 0 aromatic heterocycles. The number of aliphatic hydroxyl groups is 1. The number of unbranched alkanes of at least 4 members (excludes halogenated alkanes) is 18. The van der Waals surface area contributed by atoms with Crippen LogP contribution in [0.1, 0.15) is 168 Å². The maximum Gasteiger partial charge on any atom is 0.305 e. The maximum atomic E-state index is 11.9. The van der Waals surface area contributed by atoms with Gasteiger partial charge in [-0.25, -0.2) is 0 Å². The van der Waals surface area contributed by atoms with E-state index in [2.05, 4.69) is 38.2 Å². The second kappa shape index (κ2) is 31.9. The molecule has 0 aliphatic carbocycles. The van der Waals surface area contributed by atoms with Crippen LogP contribution in [0, 0.1) is 0 Å². The van der Waals surface area contributed by atoms with Crippen molar-refractivity contribution in [3.63, 3.8) is 0 Å². The second-order valence-corrected chi connectivity index (χ2v) is 11.3. The molecule has 0 spiro atoms.